The van der Waals surface area contributed by atoms with Crippen molar-refractivity contribution in [2.45, 2.75) is 26.8 Å². The molecule has 1 aromatic carbocycles. The molecule has 0 bridgehead atoms. The summed E-state index contributed by atoms with van der Waals surface area (Å²) in [5.41, 5.74) is 2.34. The number of nitrogens with zero attached hydrogens (tertiary/aromatic N) is 1. The molecule has 1 aromatic rings. The normalized spacial score (nSPS) is 11.6. The molecular weight excluding hydrogens is 200 g/mol. The maximum Gasteiger partial charge on any atom is 0.237 e. The fraction of sp³-hybridized carbons (Fsp3) is 0.385. The summed E-state index contributed by atoms with van der Waals surface area (Å²) in [4.78, 5) is 11.4. The number of amides is 1. The molecule has 3 heteroatoms. The minimum Gasteiger partial charge on any atom is -0.351 e. The number of hydrogen-bond acceptors (Lipinski definition) is 2. The van der Waals surface area contributed by atoms with Crippen LogP contribution in [0.2, 0.25) is 0 Å². The summed E-state index contributed by atoms with van der Waals surface area (Å²) in [6.45, 7) is 4.18. The van der Waals surface area contributed by atoms with Gasteiger partial charge in [-0.3, -0.25) is 4.79 Å². The fourth-order valence-corrected chi connectivity index (χ4v) is 1.47. The number of benzene rings is 1. The van der Waals surface area contributed by atoms with Gasteiger partial charge in [-0.15, -0.1) is 0 Å². The van der Waals surface area contributed by atoms with Crippen molar-refractivity contribution >= 4 is 5.91 Å². The Bertz CT molecular complexity index is 407. The smallest absolute Gasteiger partial charge is 0.237 e. The summed E-state index contributed by atoms with van der Waals surface area (Å²) in [6, 6.07) is 9.91. The Morgan fingerprint density at radius 1 is 1.44 bits per heavy atom. The van der Waals surface area contributed by atoms with Gasteiger partial charge in [-0.05, 0) is 24.5 Å². The van der Waals surface area contributed by atoms with Crippen molar-refractivity contribution in [2.24, 2.45) is 5.92 Å². The highest BCUT2D eigenvalue weighted by Crippen LogP contribution is 2.09. The van der Waals surface area contributed by atoms with Gasteiger partial charge in [0.25, 0.3) is 0 Å². The van der Waals surface area contributed by atoms with E-state index >= 15 is 0 Å². The highest BCUT2D eigenvalue weighted by Gasteiger charge is 2.11. The van der Waals surface area contributed by atoms with Gasteiger partial charge >= 0.3 is 0 Å². The van der Waals surface area contributed by atoms with Crippen molar-refractivity contribution in [1.29, 1.82) is 5.26 Å². The van der Waals surface area contributed by atoms with E-state index in [-0.39, 0.29) is 5.91 Å². The number of carbonyl (C=O) groups is 1. The Labute approximate surface area is 96.1 Å². The van der Waals surface area contributed by atoms with E-state index in [2.05, 4.69) is 18.3 Å². The standard InChI is InChI=1S/C13H16N2O/c1-3-11-6-4-5-7-12(11)9-15-13(16)10(2)8-14/h4-7,10H,3,9H2,1-2H3,(H,15,16). The van der Waals surface area contributed by atoms with E-state index < -0.39 is 5.92 Å². The van der Waals surface area contributed by atoms with Gasteiger partial charge in [-0.25, -0.2) is 0 Å². The summed E-state index contributed by atoms with van der Waals surface area (Å²) in [5, 5.41) is 11.4. The Kier molecular flexibility index (Phi) is 4.53. The van der Waals surface area contributed by atoms with Gasteiger partial charge in [0.1, 0.15) is 5.92 Å². The minimum atomic E-state index is -0.589. The monoisotopic (exact) mass is 216 g/mol. The lowest BCUT2D eigenvalue weighted by molar-refractivity contribution is -0.123. The summed E-state index contributed by atoms with van der Waals surface area (Å²) in [6.07, 6.45) is 0.944. The number of nitriles is 1. The predicted octanol–water partition coefficient (Wildman–Crippen LogP) is 2.02. The largest absolute Gasteiger partial charge is 0.351 e. The first-order valence-corrected chi connectivity index (χ1v) is 5.43. The molecule has 1 atom stereocenters. The predicted molar refractivity (Wildman–Crippen MR) is 62.4 cm³/mol. The van der Waals surface area contributed by atoms with E-state index in [1.807, 2.05) is 24.3 Å². The number of nitrogens with one attached hydrogen (secondary N) is 1. The molecule has 1 rings (SSSR count). The third-order valence-electron chi connectivity index (χ3n) is 2.54. The van der Waals surface area contributed by atoms with Gasteiger partial charge in [-0.2, -0.15) is 5.26 Å². The number of hydrogen-bond donors (Lipinski definition) is 1. The Morgan fingerprint density at radius 3 is 2.62 bits per heavy atom. The van der Waals surface area contributed by atoms with Crippen LogP contribution in [-0.4, -0.2) is 5.91 Å². The minimum absolute atomic E-state index is 0.214. The molecule has 0 radical (unpaired) electrons. The van der Waals surface area contributed by atoms with Gasteiger partial charge in [0.05, 0.1) is 6.07 Å². The van der Waals surface area contributed by atoms with Crippen molar-refractivity contribution in [2.75, 3.05) is 0 Å². The first kappa shape index (κ1) is 12.3. The maximum atomic E-state index is 11.4. The van der Waals surface area contributed by atoms with Crippen LogP contribution in [-0.2, 0) is 17.8 Å². The zero-order valence-electron chi connectivity index (χ0n) is 9.66. The van der Waals surface area contributed by atoms with E-state index in [0.29, 0.717) is 6.54 Å². The molecule has 0 aliphatic carbocycles. The van der Waals surface area contributed by atoms with Crippen LogP contribution in [0.5, 0.6) is 0 Å². The van der Waals surface area contributed by atoms with Crippen LogP contribution in [0.25, 0.3) is 0 Å². The number of rotatable bonds is 4. The zero-order chi connectivity index (χ0) is 12.0. The molecule has 1 N–H and O–H groups in total. The lowest BCUT2D eigenvalue weighted by atomic mass is 10.1. The average Bonchev–Trinajstić information content (AvgIpc) is 2.35. The first-order valence-electron chi connectivity index (χ1n) is 5.43. The molecule has 3 nitrogen and oxygen atoms in total. The molecule has 0 saturated carbocycles. The van der Waals surface area contributed by atoms with Gasteiger partial charge in [-0.1, -0.05) is 31.2 Å². The lowest BCUT2D eigenvalue weighted by Gasteiger charge is -2.09. The second-order valence-electron chi connectivity index (χ2n) is 3.69. The van der Waals surface area contributed by atoms with Crippen LogP contribution in [0.15, 0.2) is 24.3 Å². The van der Waals surface area contributed by atoms with Crippen LogP contribution in [0.1, 0.15) is 25.0 Å². The summed E-state index contributed by atoms with van der Waals surface area (Å²) >= 11 is 0. The first-order chi connectivity index (χ1) is 7.69. The van der Waals surface area contributed by atoms with Crippen LogP contribution >= 0.6 is 0 Å². The highest BCUT2D eigenvalue weighted by atomic mass is 16.1. The van der Waals surface area contributed by atoms with Crippen molar-refractivity contribution in [3.05, 3.63) is 35.4 Å². The lowest BCUT2D eigenvalue weighted by Crippen LogP contribution is -2.28. The Balaban J connectivity index is 2.62. The second kappa shape index (κ2) is 5.92. The molecule has 1 unspecified atom stereocenters. The molecule has 0 aliphatic rings. The van der Waals surface area contributed by atoms with Crippen molar-refractivity contribution < 1.29 is 4.79 Å². The molecule has 84 valence electrons. The Morgan fingerprint density at radius 2 is 2.06 bits per heavy atom. The zero-order valence-corrected chi connectivity index (χ0v) is 9.66. The van der Waals surface area contributed by atoms with E-state index in [9.17, 15) is 4.79 Å². The van der Waals surface area contributed by atoms with Crippen LogP contribution in [0, 0.1) is 17.2 Å². The van der Waals surface area contributed by atoms with Gasteiger partial charge in [0.15, 0.2) is 0 Å². The van der Waals surface area contributed by atoms with Crippen molar-refractivity contribution in [3.63, 3.8) is 0 Å². The SMILES string of the molecule is CCc1ccccc1CNC(=O)C(C)C#N. The third-order valence-corrected chi connectivity index (χ3v) is 2.54. The van der Waals surface area contributed by atoms with Crippen molar-refractivity contribution in [3.8, 4) is 6.07 Å². The Hall–Kier alpha value is -1.82. The molecular formula is C13H16N2O. The second-order valence-corrected chi connectivity index (χ2v) is 3.69. The topological polar surface area (TPSA) is 52.9 Å². The van der Waals surface area contributed by atoms with Gasteiger partial charge in [0.2, 0.25) is 5.91 Å². The molecule has 0 fully saturated rings. The van der Waals surface area contributed by atoms with E-state index in [1.54, 1.807) is 6.92 Å². The highest BCUT2D eigenvalue weighted by molar-refractivity contribution is 5.80. The molecule has 0 spiro atoms. The fourth-order valence-electron chi connectivity index (χ4n) is 1.47. The van der Waals surface area contributed by atoms with Crippen LogP contribution < -0.4 is 5.32 Å². The third kappa shape index (κ3) is 3.09. The molecule has 0 aromatic heterocycles. The average molecular weight is 216 g/mol. The van der Waals surface area contributed by atoms with Gasteiger partial charge < -0.3 is 5.32 Å². The molecule has 1 amide bonds. The van der Waals surface area contributed by atoms with Crippen LogP contribution in [0.3, 0.4) is 0 Å². The summed E-state index contributed by atoms with van der Waals surface area (Å²) < 4.78 is 0. The van der Waals surface area contributed by atoms with E-state index in [4.69, 9.17) is 5.26 Å². The summed E-state index contributed by atoms with van der Waals surface area (Å²) in [5.74, 6) is -0.804. The maximum absolute atomic E-state index is 11.4. The van der Waals surface area contributed by atoms with Crippen molar-refractivity contribution in [1.82, 2.24) is 5.32 Å². The molecule has 0 saturated heterocycles. The summed E-state index contributed by atoms with van der Waals surface area (Å²) in [7, 11) is 0. The quantitative estimate of drug-likeness (QED) is 0.837. The van der Waals surface area contributed by atoms with Crippen LogP contribution in [0.4, 0.5) is 0 Å². The van der Waals surface area contributed by atoms with E-state index in [1.165, 1.54) is 5.56 Å². The molecule has 0 aliphatic heterocycles. The molecule has 0 heterocycles. The van der Waals surface area contributed by atoms with E-state index in [0.717, 1.165) is 12.0 Å². The molecule has 16 heavy (non-hydrogen) atoms. The number of aryl methyl sites for hydroxylation is 1. The number of carbonyl (C=O) groups excluding carboxylic acids is 1. The van der Waals surface area contributed by atoms with Gasteiger partial charge in [0, 0.05) is 6.54 Å².